The lowest BCUT2D eigenvalue weighted by molar-refractivity contribution is 0.441. The molecular weight excluding hydrogens is 408 g/mol. The highest BCUT2D eigenvalue weighted by molar-refractivity contribution is 7.15. The van der Waals surface area contributed by atoms with E-state index in [2.05, 4.69) is 15.2 Å². The Morgan fingerprint density at radius 1 is 0.903 bits per heavy atom. The van der Waals surface area contributed by atoms with Gasteiger partial charge in [0.2, 0.25) is 4.96 Å². The second-order valence-electron chi connectivity index (χ2n) is 7.07. The molecule has 0 atom stereocenters. The average Bonchev–Trinajstić information content (AvgIpc) is 3.50. The molecule has 0 unspecified atom stereocenters. The summed E-state index contributed by atoms with van der Waals surface area (Å²) in [7, 11) is 0. The largest absolute Gasteiger partial charge is 0.355 e. The molecule has 6 aromatic rings. The van der Waals surface area contributed by atoms with Crippen molar-refractivity contribution in [1.82, 2.24) is 19.8 Å². The SMILES string of the molecule is O=c1c(=Cc2ccc3noc(-c4ccccc4)c3c2)sc2nc(-c3ccccc3)nn12. The van der Waals surface area contributed by atoms with E-state index >= 15 is 0 Å². The zero-order chi connectivity index (χ0) is 20.8. The van der Waals surface area contributed by atoms with Gasteiger partial charge in [-0.1, -0.05) is 83.2 Å². The lowest BCUT2D eigenvalue weighted by Crippen LogP contribution is -2.23. The van der Waals surface area contributed by atoms with Crippen LogP contribution in [-0.4, -0.2) is 19.8 Å². The van der Waals surface area contributed by atoms with Gasteiger partial charge in [0.1, 0.15) is 5.52 Å². The highest BCUT2D eigenvalue weighted by Crippen LogP contribution is 2.29. The first-order valence-electron chi connectivity index (χ1n) is 9.68. The number of rotatable bonds is 3. The molecule has 3 heterocycles. The van der Waals surface area contributed by atoms with Crippen LogP contribution < -0.4 is 10.1 Å². The molecule has 0 fully saturated rings. The van der Waals surface area contributed by atoms with Crippen molar-refractivity contribution in [1.29, 1.82) is 0 Å². The molecule has 0 amide bonds. The molecule has 0 bridgehead atoms. The summed E-state index contributed by atoms with van der Waals surface area (Å²) in [6.45, 7) is 0. The summed E-state index contributed by atoms with van der Waals surface area (Å²) in [4.78, 5) is 18.0. The fourth-order valence-electron chi connectivity index (χ4n) is 3.54. The maximum Gasteiger partial charge on any atom is 0.291 e. The van der Waals surface area contributed by atoms with Crippen molar-refractivity contribution >= 4 is 33.3 Å². The molecule has 31 heavy (non-hydrogen) atoms. The maximum absolute atomic E-state index is 12.9. The van der Waals surface area contributed by atoms with Gasteiger partial charge < -0.3 is 4.52 Å². The van der Waals surface area contributed by atoms with Gasteiger partial charge >= 0.3 is 0 Å². The first-order chi connectivity index (χ1) is 15.3. The topological polar surface area (TPSA) is 73.3 Å². The number of hydrogen-bond donors (Lipinski definition) is 0. The van der Waals surface area contributed by atoms with Crippen LogP contribution in [0.2, 0.25) is 0 Å². The Bertz CT molecular complexity index is 1650. The number of aromatic nitrogens is 4. The second-order valence-corrected chi connectivity index (χ2v) is 8.08. The molecule has 0 N–H and O–H groups in total. The number of hydrogen-bond acceptors (Lipinski definition) is 6. The third-order valence-corrected chi connectivity index (χ3v) is 6.01. The Hall–Kier alpha value is -4.10. The Morgan fingerprint density at radius 3 is 2.39 bits per heavy atom. The minimum Gasteiger partial charge on any atom is -0.355 e. The molecule has 0 saturated heterocycles. The first kappa shape index (κ1) is 17.7. The fourth-order valence-corrected chi connectivity index (χ4v) is 4.45. The van der Waals surface area contributed by atoms with E-state index in [1.807, 2.05) is 84.9 Å². The van der Waals surface area contributed by atoms with Crippen LogP contribution in [0.3, 0.4) is 0 Å². The van der Waals surface area contributed by atoms with Gasteiger partial charge in [0, 0.05) is 11.1 Å². The maximum atomic E-state index is 12.9. The van der Waals surface area contributed by atoms with E-state index in [1.165, 1.54) is 15.9 Å². The van der Waals surface area contributed by atoms with Crippen LogP contribution in [0.4, 0.5) is 0 Å². The summed E-state index contributed by atoms with van der Waals surface area (Å²) in [6, 6.07) is 25.3. The highest BCUT2D eigenvalue weighted by atomic mass is 32.1. The van der Waals surface area contributed by atoms with Crippen molar-refractivity contribution in [3.8, 4) is 22.7 Å². The summed E-state index contributed by atoms with van der Waals surface area (Å²) in [5.74, 6) is 1.26. The van der Waals surface area contributed by atoms with Crippen molar-refractivity contribution in [3.63, 3.8) is 0 Å². The Morgan fingerprint density at radius 2 is 1.65 bits per heavy atom. The molecule has 0 saturated carbocycles. The summed E-state index contributed by atoms with van der Waals surface area (Å²) in [5, 5.41) is 9.45. The molecule has 148 valence electrons. The van der Waals surface area contributed by atoms with Gasteiger partial charge in [-0.2, -0.15) is 9.50 Å². The van der Waals surface area contributed by atoms with Gasteiger partial charge in [-0.05, 0) is 23.8 Å². The molecule has 6 nitrogen and oxygen atoms in total. The van der Waals surface area contributed by atoms with E-state index in [-0.39, 0.29) is 5.56 Å². The van der Waals surface area contributed by atoms with Crippen molar-refractivity contribution < 1.29 is 4.52 Å². The molecule has 7 heteroatoms. The predicted octanol–water partition coefficient (Wildman–Crippen LogP) is 4.17. The lowest BCUT2D eigenvalue weighted by atomic mass is 10.1. The van der Waals surface area contributed by atoms with Crippen molar-refractivity contribution in [2.24, 2.45) is 0 Å². The van der Waals surface area contributed by atoms with E-state index in [0.717, 1.165) is 27.6 Å². The van der Waals surface area contributed by atoms with Gasteiger partial charge in [-0.25, -0.2) is 0 Å². The summed E-state index contributed by atoms with van der Waals surface area (Å²) in [6.07, 6.45) is 1.85. The monoisotopic (exact) mass is 422 g/mol. The van der Waals surface area contributed by atoms with Gasteiger partial charge in [0.05, 0.1) is 9.92 Å². The van der Waals surface area contributed by atoms with E-state index in [1.54, 1.807) is 0 Å². The van der Waals surface area contributed by atoms with Crippen molar-refractivity contribution in [2.45, 2.75) is 0 Å². The van der Waals surface area contributed by atoms with Gasteiger partial charge in [-0.15, -0.1) is 5.10 Å². The number of nitrogens with zero attached hydrogens (tertiary/aromatic N) is 4. The lowest BCUT2D eigenvalue weighted by Gasteiger charge is -1.97. The van der Waals surface area contributed by atoms with Crippen molar-refractivity contribution in [3.05, 3.63) is 99.3 Å². The molecule has 0 spiro atoms. The molecule has 3 aromatic heterocycles. The van der Waals surface area contributed by atoms with E-state index in [9.17, 15) is 4.79 Å². The average molecular weight is 422 g/mol. The molecule has 0 aliphatic rings. The minimum atomic E-state index is -0.177. The zero-order valence-corrected chi connectivity index (χ0v) is 16.9. The van der Waals surface area contributed by atoms with Gasteiger partial charge in [0.15, 0.2) is 11.6 Å². The minimum absolute atomic E-state index is 0.177. The van der Waals surface area contributed by atoms with Crippen LogP contribution in [0.15, 0.2) is 88.2 Å². The number of benzene rings is 3. The summed E-state index contributed by atoms with van der Waals surface area (Å²) >= 11 is 1.32. The quantitative estimate of drug-likeness (QED) is 0.428. The molecule has 0 radical (unpaired) electrons. The van der Waals surface area contributed by atoms with Crippen LogP contribution >= 0.6 is 11.3 Å². The first-order valence-corrected chi connectivity index (χ1v) is 10.5. The summed E-state index contributed by atoms with van der Waals surface area (Å²) in [5.41, 5.74) is 3.32. The molecule has 3 aromatic carbocycles. The van der Waals surface area contributed by atoms with Crippen LogP contribution in [0.1, 0.15) is 5.56 Å². The fraction of sp³-hybridized carbons (Fsp3) is 0. The predicted molar refractivity (Wildman–Crippen MR) is 121 cm³/mol. The van der Waals surface area contributed by atoms with Crippen LogP contribution in [0.25, 0.3) is 44.7 Å². The normalized spacial score (nSPS) is 12.2. The smallest absolute Gasteiger partial charge is 0.291 e. The van der Waals surface area contributed by atoms with Crippen LogP contribution in [-0.2, 0) is 0 Å². The number of fused-ring (bicyclic) bond motifs is 2. The van der Waals surface area contributed by atoms with Crippen molar-refractivity contribution in [2.75, 3.05) is 0 Å². The Kier molecular flexibility index (Phi) is 4.00. The van der Waals surface area contributed by atoms with Gasteiger partial charge in [-0.3, -0.25) is 4.79 Å². The Balaban J connectivity index is 1.45. The van der Waals surface area contributed by atoms with E-state index < -0.39 is 0 Å². The van der Waals surface area contributed by atoms with Crippen LogP contribution in [0.5, 0.6) is 0 Å². The zero-order valence-electron chi connectivity index (χ0n) is 16.1. The second kappa shape index (κ2) is 7.00. The summed E-state index contributed by atoms with van der Waals surface area (Å²) < 4.78 is 7.52. The van der Waals surface area contributed by atoms with E-state index in [0.29, 0.717) is 21.1 Å². The third kappa shape index (κ3) is 3.03. The standard InChI is InChI=1S/C24H14N4O2S/c29-23-20(31-24-25-22(26-28(23)24)17-9-5-2-6-10-17)14-15-11-12-19-18(13-15)21(30-27-19)16-7-3-1-4-8-16/h1-14H. The molecule has 0 aliphatic carbocycles. The highest BCUT2D eigenvalue weighted by Gasteiger charge is 2.13. The Labute approximate surface area is 179 Å². The molecule has 0 aliphatic heterocycles. The third-order valence-electron chi connectivity index (χ3n) is 5.05. The van der Waals surface area contributed by atoms with Gasteiger partial charge in [0.25, 0.3) is 5.56 Å². The molecular formula is C24H14N4O2S. The number of thiazole rings is 1. The van der Waals surface area contributed by atoms with Crippen LogP contribution in [0, 0.1) is 0 Å². The van der Waals surface area contributed by atoms with E-state index in [4.69, 9.17) is 4.52 Å². The molecule has 6 rings (SSSR count).